The van der Waals surface area contributed by atoms with Crippen molar-refractivity contribution in [2.24, 2.45) is 5.41 Å². The van der Waals surface area contributed by atoms with Crippen molar-refractivity contribution in [1.82, 2.24) is 4.90 Å². The molecule has 1 N–H and O–H groups in total. The predicted molar refractivity (Wildman–Crippen MR) is 113 cm³/mol. The number of hydrogen-bond acceptors (Lipinski definition) is 2. The third kappa shape index (κ3) is 3.82. The van der Waals surface area contributed by atoms with Crippen molar-refractivity contribution in [3.63, 3.8) is 0 Å². The highest BCUT2D eigenvalue weighted by Crippen LogP contribution is 2.29. The number of anilines is 1. The van der Waals surface area contributed by atoms with Crippen LogP contribution in [0.4, 0.5) is 5.69 Å². The van der Waals surface area contributed by atoms with Gasteiger partial charge in [-0.05, 0) is 55.4 Å². The van der Waals surface area contributed by atoms with Crippen molar-refractivity contribution in [2.75, 3.05) is 11.9 Å². The Bertz CT molecular complexity index is 864. The summed E-state index contributed by atoms with van der Waals surface area (Å²) in [6, 6.07) is 14.3. The van der Waals surface area contributed by atoms with Crippen LogP contribution in [0.5, 0.6) is 0 Å². The molecule has 1 heterocycles. The Balaban J connectivity index is 1.79. The van der Waals surface area contributed by atoms with Crippen molar-refractivity contribution in [1.29, 1.82) is 0 Å². The molecular weight excluding hydrogens is 348 g/mol. The third-order valence-corrected chi connectivity index (χ3v) is 5.76. The molecule has 0 spiro atoms. The summed E-state index contributed by atoms with van der Waals surface area (Å²) in [5.74, 6) is -0.363. The lowest BCUT2D eigenvalue weighted by Gasteiger charge is -2.34. The number of amides is 2. The first-order valence-electron chi connectivity index (χ1n) is 10.2. The van der Waals surface area contributed by atoms with E-state index < -0.39 is 5.41 Å². The quantitative estimate of drug-likeness (QED) is 0.786. The first-order chi connectivity index (χ1) is 13.4. The maximum atomic E-state index is 13.2. The highest BCUT2D eigenvalue weighted by Gasteiger charge is 2.40. The smallest absolute Gasteiger partial charge is 0.239 e. The Morgan fingerprint density at radius 3 is 2.18 bits per heavy atom. The van der Waals surface area contributed by atoms with Crippen LogP contribution in [0.15, 0.2) is 42.5 Å². The number of nitrogens with one attached hydrogen (secondary N) is 1. The van der Waals surface area contributed by atoms with Gasteiger partial charge in [-0.3, -0.25) is 9.59 Å². The number of para-hydroxylation sites is 1. The fourth-order valence-electron chi connectivity index (χ4n) is 3.83. The Labute approximate surface area is 167 Å². The van der Waals surface area contributed by atoms with Gasteiger partial charge in [0.05, 0.1) is 0 Å². The molecule has 28 heavy (non-hydrogen) atoms. The molecule has 2 aromatic rings. The zero-order valence-corrected chi connectivity index (χ0v) is 17.3. The third-order valence-electron chi connectivity index (χ3n) is 5.76. The average Bonchev–Trinajstić information content (AvgIpc) is 2.72. The van der Waals surface area contributed by atoms with Gasteiger partial charge in [0.1, 0.15) is 5.41 Å². The van der Waals surface area contributed by atoms with Crippen LogP contribution >= 0.6 is 0 Å². The van der Waals surface area contributed by atoms with E-state index in [9.17, 15) is 9.59 Å². The summed E-state index contributed by atoms with van der Waals surface area (Å²) in [4.78, 5) is 28.2. The summed E-state index contributed by atoms with van der Waals surface area (Å²) < 4.78 is 0. The van der Waals surface area contributed by atoms with E-state index in [2.05, 4.69) is 31.3 Å². The molecule has 0 unspecified atom stereocenters. The zero-order chi connectivity index (χ0) is 20.3. The van der Waals surface area contributed by atoms with Crippen LogP contribution in [0.2, 0.25) is 0 Å². The van der Waals surface area contributed by atoms with E-state index in [0.717, 1.165) is 36.1 Å². The maximum Gasteiger partial charge on any atom is 0.239 e. The molecule has 4 nitrogen and oxygen atoms in total. The monoisotopic (exact) mass is 378 g/mol. The molecule has 2 amide bonds. The first kappa shape index (κ1) is 20.1. The number of aryl methyl sites for hydroxylation is 2. The molecule has 3 rings (SSSR count). The van der Waals surface area contributed by atoms with E-state index in [1.165, 1.54) is 11.1 Å². The molecule has 0 saturated heterocycles. The van der Waals surface area contributed by atoms with Crippen LogP contribution in [-0.4, -0.2) is 23.3 Å². The molecule has 1 aliphatic rings. The summed E-state index contributed by atoms with van der Waals surface area (Å²) in [7, 11) is 0. The van der Waals surface area contributed by atoms with Gasteiger partial charge in [0.2, 0.25) is 11.8 Å². The number of carbonyl (C=O) groups excluding carboxylic acids is 2. The van der Waals surface area contributed by atoms with Crippen LogP contribution < -0.4 is 5.32 Å². The molecule has 0 radical (unpaired) electrons. The number of nitrogens with zero attached hydrogens (tertiary/aromatic N) is 1. The number of rotatable bonds is 5. The molecule has 0 aromatic heterocycles. The lowest BCUT2D eigenvalue weighted by atomic mass is 9.88. The highest BCUT2D eigenvalue weighted by molar-refractivity contribution is 6.10. The van der Waals surface area contributed by atoms with Crippen molar-refractivity contribution < 1.29 is 9.59 Å². The van der Waals surface area contributed by atoms with E-state index in [1.54, 1.807) is 13.8 Å². The Morgan fingerprint density at radius 2 is 1.57 bits per heavy atom. The fourth-order valence-corrected chi connectivity index (χ4v) is 3.83. The van der Waals surface area contributed by atoms with Crippen LogP contribution in [0.1, 0.15) is 49.9 Å². The minimum atomic E-state index is -1.13. The number of hydrogen-bond donors (Lipinski definition) is 1. The molecule has 0 atom stereocenters. The molecule has 0 saturated carbocycles. The molecule has 148 valence electrons. The summed E-state index contributed by atoms with van der Waals surface area (Å²) in [6.07, 6.45) is 2.50. The van der Waals surface area contributed by atoms with Crippen LogP contribution in [0.25, 0.3) is 0 Å². The van der Waals surface area contributed by atoms with E-state index in [4.69, 9.17) is 0 Å². The Morgan fingerprint density at radius 1 is 0.964 bits per heavy atom. The van der Waals surface area contributed by atoms with Crippen molar-refractivity contribution in [3.05, 3.63) is 64.7 Å². The van der Waals surface area contributed by atoms with Crippen molar-refractivity contribution in [3.8, 4) is 0 Å². The molecule has 0 bridgehead atoms. The largest absolute Gasteiger partial charge is 0.337 e. The SMILES string of the molecule is CCc1cccc(CC)c1NC(=O)C(C)(C)C(=O)N1CCc2ccccc2C1. The average molecular weight is 379 g/mol. The van der Waals surface area contributed by atoms with Gasteiger partial charge >= 0.3 is 0 Å². The van der Waals surface area contributed by atoms with E-state index in [-0.39, 0.29) is 11.8 Å². The molecule has 0 fully saturated rings. The van der Waals surface area contributed by atoms with Gasteiger partial charge in [0.25, 0.3) is 0 Å². The fraction of sp³-hybridized carbons (Fsp3) is 0.417. The summed E-state index contributed by atoms with van der Waals surface area (Å²) >= 11 is 0. The summed E-state index contributed by atoms with van der Waals surface area (Å²) in [5, 5.41) is 3.07. The van der Waals surface area contributed by atoms with Gasteiger partial charge in [-0.1, -0.05) is 56.3 Å². The second-order valence-electron chi connectivity index (χ2n) is 7.98. The number of fused-ring (bicyclic) bond motifs is 1. The minimum Gasteiger partial charge on any atom is -0.337 e. The first-order valence-corrected chi connectivity index (χ1v) is 10.2. The van der Waals surface area contributed by atoms with E-state index in [1.807, 2.05) is 35.2 Å². The topological polar surface area (TPSA) is 49.4 Å². The second-order valence-corrected chi connectivity index (χ2v) is 7.98. The van der Waals surface area contributed by atoms with Gasteiger partial charge in [0, 0.05) is 18.8 Å². The van der Waals surface area contributed by atoms with Gasteiger partial charge in [-0.15, -0.1) is 0 Å². The predicted octanol–water partition coefficient (Wildman–Crippen LogP) is 4.36. The van der Waals surface area contributed by atoms with E-state index in [0.29, 0.717) is 13.1 Å². The Hall–Kier alpha value is -2.62. The number of carbonyl (C=O) groups is 2. The summed E-state index contributed by atoms with van der Waals surface area (Å²) in [6.45, 7) is 8.82. The normalized spacial score (nSPS) is 13.8. The lowest BCUT2D eigenvalue weighted by Crippen LogP contribution is -2.49. The highest BCUT2D eigenvalue weighted by atomic mass is 16.2. The second kappa shape index (κ2) is 8.17. The zero-order valence-electron chi connectivity index (χ0n) is 17.3. The summed E-state index contributed by atoms with van der Waals surface area (Å²) in [5.41, 5.74) is 4.40. The van der Waals surface area contributed by atoms with Gasteiger partial charge in [-0.25, -0.2) is 0 Å². The Kier molecular flexibility index (Phi) is 5.87. The van der Waals surface area contributed by atoms with Gasteiger partial charge in [-0.2, -0.15) is 0 Å². The van der Waals surface area contributed by atoms with Crippen molar-refractivity contribution in [2.45, 2.75) is 53.5 Å². The molecule has 2 aromatic carbocycles. The van der Waals surface area contributed by atoms with Crippen molar-refractivity contribution >= 4 is 17.5 Å². The molecule has 4 heteroatoms. The van der Waals surface area contributed by atoms with Crippen LogP contribution in [-0.2, 0) is 35.4 Å². The van der Waals surface area contributed by atoms with E-state index >= 15 is 0 Å². The maximum absolute atomic E-state index is 13.2. The molecular formula is C24H30N2O2. The molecule has 0 aliphatic carbocycles. The number of benzene rings is 2. The molecule has 1 aliphatic heterocycles. The lowest BCUT2D eigenvalue weighted by molar-refractivity contribution is -0.147. The minimum absolute atomic E-state index is 0.119. The van der Waals surface area contributed by atoms with Gasteiger partial charge < -0.3 is 10.2 Å². The van der Waals surface area contributed by atoms with Crippen LogP contribution in [0, 0.1) is 5.41 Å². The van der Waals surface area contributed by atoms with Crippen LogP contribution in [0.3, 0.4) is 0 Å². The standard InChI is InChI=1S/C24H30N2O2/c1-5-17-12-9-13-18(6-2)21(17)25-22(27)24(3,4)23(28)26-15-14-19-10-7-8-11-20(19)16-26/h7-13H,5-6,14-16H2,1-4H3,(H,25,27). The van der Waals surface area contributed by atoms with Gasteiger partial charge in [0.15, 0.2) is 0 Å².